The maximum Gasteiger partial charge on any atom is 0.344 e. The van der Waals surface area contributed by atoms with Gasteiger partial charge in [-0.25, -0.2) is 4.79 Å². The van der Waals surface area contributed by atoms with E-state index in [-0.39, 0.29) is 17.6 Å². The van der Waals surface area contributed by atoms with Crippen LogP contribution < -0.4 is 10.7 Å². The molecule has 1 aliphatic heterocycles. The predicted octanol–water partition coefficient (Wildman–Crippen LogP) is 2.76. The van der Waals surface area contributed by atoms with Gasteiger partial charge in [0.05, 0.1) is 5.75 Å². The third kappa shape index (κ3) is 3.87. The highest BCUT2D eigenvalue weighted by molar-refractivity contribution is 7.99. The first kappa shape index (κ1) is 18.8. The number of hydrogen-bond donors (Lipinski definition) is 2. The van der Waals surface area contributed by atoms with Crippen molar-refractivity contribution in [2.45, 2.75) is 50.8 Å². The Balaban J connectivity index is 1.52. The van der Waals surface area contributed by atoms with E-state index in [1.165, 1.54) is 22.9 Å². The molecule has 3 rings (SSSR count). The summed E-state index contributed by atoms with van der Waals surface area (Å²) in [7, 11) is 0. The lowest BCUT2D eigenvalue weighted by atomic mass is 9.77. The monoisotopic (exact) mass is 375 g/mol. The summed E-state index contributed by atoms with van der Waals surface area (Å²) in [6.45, 7) is 4.19. The minimum Gasteiger partial charge on any atom is -0.322 e. The van der Waals surface area contributed by atoms with Crippen molar-refractivity contribution < 1.29 is 14.4 Å². The molecule has 1 spiro atoms. The van der Waals surface area contributed by atoms with Crippen molar-refractivity contribution in [3.8, 4) is 0 Å². The molecule has 0 aromatic heterocycles. The molecule has 1 aromatic rings. The Morgan fingerprint density at radius 2 is 2.00 bits per heavy atom. The van der Waals surface area contributed by atoms with Crippen LogP contribution in [0, 0.1) is 12.8 Å². The van der Waals surface area contributed by atoms with Crippen LogP contribution in [0.3, 0.4) is 0 Å². The molecule has 1 heterocycles. The van der Waals surface area contributed by atoms with Gasteiger partial charge in [-0.15, -0.1) is 11.8 Å². The zero-order valence-corrected chi connectivity index (χ0v) is 16.0. The number of amides is 4. The molecular weight excluding hydrogens is 350 g/mol. The molecule has 26 heavy (non-hydrogen) atoms. The molecule has 7 heteroatoms. The van der Waals surface area contributed by atoms with Crippen molar-refractivity contribution in [1.82, 2.24) is 15.8 Å². The maximum absolute atomic E-state index is 12.7. The molecule has 0 atom stereocenters. The molecule has 140 valence electrons. The lowest BCUT2D eigenvalue weighted by molar-refractivity contribution is -0.139. The van der Waals surface area contributed by atoms with E-state index in [1.807, 2.05) is 31.2 Å². The molecule has 2 N–H and O–H groups in total. The fourth-order valence-electron chi connectivity index (χ4n) is 3.50. The number of nitrogens with one attached hydrogen (secondary N) is 2. The van der Waals surface area contributed by atoms with Crippen LogP contribution in [0.15, 0.2) is 24.3 Å². The second kappa shape index (κ2) is 7.70. The predicted molar refractivity (Wildman–Crippen MR) is 101 cm³/mol. The van der Waals surface area contributed by atoms with Gasteiger partial charge < -0.3 is 5.32 Å². The lowest BCUT2D eigenvalue weighted by Crippen LogP contribution is -2.51. The van der Waals surface area contributed by atoms with Crippen LogP contribution in [0.25, 0.3) is 0 Å². The second-order valence-corrected chi connectivity index (χ2v) is 8.28. The van der Waals surface area contributed by atoms with Crippen LogP contribution in [0.4, 0.5) is 4.79 Å². The summed E-state index contributed by atoms with van der Waals surface area (Å²) in [5, 5.41) is 3.67. The molecule has 1 aliphatic carbocycles. The van der Waals surface area contributed by atoms with Crippen molar-refractivity contribution in [3.05, 3.63) is 35.4 Å². The molecule has 1 saturated heterocycles. The maximum atomic E-state index is 12.7. The number of hydrogen-bond acceptors (Lipinski definition) is 4. The zero-order chi connectivity index (χ0) is 18.7. The fourth-order valence-corrected chi connectivity index (χ4v) is 4.39. The molecule has 0 bridgehead atoms. The number of carbonyl (C=O) groups is 3. The average Bonchev–Trinajstić information content (AvgIpc) is 2.84. The number of benzene rings is 1. The molecule has 1 aromatic carbocycles. The summed E-state index contributed by atoms with van der Waals surface area (Å²) in [5.74, 6) is 0.795. The van der Waals surface area contributed by atoms with E-state index < -0.39 is 11.6 Å². The quantitative estimate of drug-likeness (QED) is 0.776. The van der Waals surface area contributed by atoms with Crippen molar-refractivity contribution in [2.24, 2.45) is 5.92 Å². The number of rotatable bonds is 5. The number of thioether (sulfide) groups is 1. The summed E-state index contributed by atoms with van der Waals surface area (Å²) in [6.07, 6.45) is 3.07. The standard InChI is InChI=1S/C19H25N3O3S/c1-13-7-9-19(10-8-13)17(24)22(18(25)20-19)21-16(23)12-26-11-15-6-4-3-5-14(15)2/h3-6,13H,7-12H2,1-2H3,(H,20,25)(H,21,23). The number of urea groups is 1. The number of carbonyl (C=O) groups excluding carboxylic acids is 3. The van der Waals surface area contributed by atoms with Crippen molar-refractivity contribution >= 4 is 29.6 Å². The summed E-state index contributed by atoms with van der Waals surface area (Å²) < 4.78 is 0. The van der Waals surface area contributed by atoms with Crippen LogP contribution in [0.5, 0.6) is 0 Å². The Morgan fingerprint density at radius 1 is 1.31 bits per heavy atom. The third-order valence-electron chi connectivity index (χ3n) is 5.28. The minimum absolute atomic E-state index is 0.190. The summed E-state index contributed by atoms with van der Waals surface area (Å²) >= 11 is 1.46. The van der Waals surface area contributed by atoms with Gasteiger partial charge >= 0.3 is 6.03 Å². The molecule has 2 aliphatic rings. The Hall–Kier alpha value is -2.02. The number of hydrazine groups is 1. The van der Waals surface area contributed by atoms with E-state index in [0.29, 0.717) is 24.5 Å². The molecule has 2 fully saturated rings. The van der Waals surface area contributed by atoms with Gasteiger partial charge in [0.2, 0.25) is 5.91 Å². The SMILES string of the molecule is Cc1ccccc1CSCC(=O)NN1C(=O)NC2(CCC(C)CC2)C1=O. The van der Waals surface area contributed by atoms with Gasteiger partial charge in [-0.1, -0.05) is 31.2 Å². The van der Waals surface area contributed by atoms with E-state index in [0.717, 1.165) is 17.9 Å². The summed E-state index contributed by atoms with van der Waals surface area (Å²) in [4.78, 5) is 37.1. The highest BCUT2D eigenvalue weighted by atomic mass is 32.2. The fraction of sp³-hybridized carbons (Fsp3) is 0.526. The van der Waals surface area contributed by atoms with Crippen LogP contribution in [-0.4, -0.2) is 34.1 Å². The van der Waals surface area contributed by atoms with Crippen molar-refractivity contribution in [3.63, 3.8) is 0 Å². The third-order valence-corrected chi connectivity index (χ3v) is 6.26. The van der Waals surface area contributed by atoms with Gasteiger partial charge in [-0.05, 0) is 49.7 Å². The molecule has 4 amide bonds. The largest absolute Gasteiger partial charge is 0.344 e. The normalized spacial score (nSPS) is 25.5. The van der Waals surface area contributed by atoms with E-state index in [1.54, 1.807) is 0 Å². The van der Waals surface area contributed by atoms with Gasteiger partial charge in [0.1, 0.15) is 5.54 Å². The molecular formula is C19H25N3O3S. The minimum atomic E-state index is -0.828. The van der Waals surface area contributed by atoms with Crippen molar-refractivity contribution in [2.75, 3.05) is 5.75 Å². The first-order valence-corrected chi connectivity index (χ1v) is 10.2. The zero-order valence-electron chi connectivity index (χ0n) is 15.2. The van der Waals surface area contributed by atoms with E-state index in [2.05, 4.69) is 17.7 Å². The van der Waals surface area contributed by atoms with Crippen LogP contribution in [0.1, 0.15) is 43.7 Å². The summed E-state index contributed by atoms with van der Waals surface area (Å²) in [6, 6.07) is 7.50. The van der Waals surface area contributed by atoms with Gasteiger partial charge in [-0.3, -0.25) is 15.0 Å². The van der Waals surface area contributed by atoms with Crippen molar-refractivity contribution in [1.29, 1.82) is 0 Å². The Morgan fingerprint density at radius 3 is 2.69 bits per heavy atom. The number of aryl methyl sites for hydroxylation is 1. The molecule has 1 saturated carbocycles. The van der Waals surface area contributed by atoms with E-state index in [4.69, 9.17) is 0 Å². The molecule has 0 unspecified atom stereocenters. The second-order valence-electron chi connectivity index (χ2n) is 7.29. The van der Waals surface area contributed by atoms with Gasteiger partial charge in [0.25, 0.3) is 5.91 Å². The average molecular weight is 375 g/mol. The highest BCUT2D eigenvalue weighted by Crippen LogP contribution is 2.35. The number of nitrogens with zero attached hydrogens (tertiary/aromatic N) is 1. The number of imide groups is 1. The first-order valence-electron chi connectivity index (χ1n) is 9.00. The van der Waals surface area contributed by atoms with Crippen LogP contribution in [0.2, 0.25) is 0 Å². The van der Waals surface area contributed by atoms with E-state index >= 15 is 0 Å². The Labute approximate surface area is 158 Å². The topological polar surface area (TPSA) is 78.5 Å². The van der Waals surface area contributed by atoms with Crippen LogP contribution in [-0.2, 0) is 15.3 Å². The highest BCUT2D eigenvalue weighted by Gasteiger charge is 2.52. The Bertz CT molecular complexity index is 714. The van der Waals surface area contributed by atoms with E-state index in [9.17, 15) is 14.4 Å². The van der Waals surface area contributed by atoms with Crippen LogP contribution >= 0.6 is 11.8 Å². The molecule has 6 nitrogen and oxygen atoms in total. The Kier molecular flexibility index (Phi) is 5.55. The van der Waals surface area contributed by atoms with Gasteiger partial charge in [0, 0.05) is 5.75 Å². The summed E-state index contributed by atoms with van der Waals surface area (Å²) in [5.41, 5.74) is 4.01. The van der Waals surface area contributed by atoms with Gasteiger partial charge in [-0.2, -0.15) is 5.01 Å². The van der Waals surface area contributed by atoms with Gasteiger partial charge in [0.15, 0.2) is 0 Å². The lowest BCUT2D eigenvalue weighted by Gasteiger charge is -2.33. The smallest absolute Gasteiger partial charge is 0.322 e. The first-order chi connectivity index (χ1) is 12.4. The molecule has 0 radical (unpaired) electrons.